The van der Waals surface area contributed by atoms with E-state index in [-0.39, 0.29) is 16.7 Å². The second kappa shape index (κ2) is 8.82. The van der Waals surface area contributed by atoms with Crippen LogP contribution in [0.2, 0.25) is 5.02 Å². The lowest BCUT2D eigenvalue weighted by Crippen LogP contribution is -2.41. The third-order valence-electron chi connectivity index (χ3n) is 5.48. The van der Waals surface area contributed by atoms with Crippen LogP contribution in [-0.4, -0.2) is 41.3 Å². The molecule has 3 aromatic rings. The van der Waals surface area contributed by atoms with Crippen molar-refractivity contribution >= 4 is 33.2 Å². The first-order chi connectivity index (χ1) is 14.8. The van der Waals surface area contributed by atoms with E-state index in [1.54, 1.807) is 59.7 Å². The second-order valence-corrected chi connectivity index (χ2v) is 9.96. The topological polar surface area (TPSA) is 84.3 Å². The number of hydrogen-bond acceptors (Lipinski definition) is 4. The minimum Gasteiger partial charge on any atom is -0.326 e. The molecular weight excluding hydrogens is 436 g/mol. The number of sulfonamides is 1. The Morgan fingerprint density at radius 2 is 1.84 bits per heavy atom. The number of carbonyl (C=O) groups is 1. The summed E-state index contributed by atoms with van der Waals surface area (Å²) in [6, 6.07) is 12.1. The molecular formula is C22H23ClN4O3S. The summed E-state index contributed by atoms with van der Waals surface area (Å²) in [6.45, 7) is 2.54. The van der Waals surface area contributed by atoms with Crippen LogP contribution in [0.3, 0.4) is 0 Å². The van der Waals surface area contributed by atoms with Gasteiger partial charge in [-0.05, 0) is 50.1 Å². The van der Waals surface area contributed by atoms with E-state index in [1.165, 1.54) is 4.31 Å². The van der Waals surface area contributed by atoms with Crippen molar-refractivity contribution in [2.24, 2.45) is 5.92 Å². The molecule has 1 N–H and O–H groups in total. The summed E-state index contributed by atoms with van der Waals surface area (Å²) >= 11 is 6.35. The molecule has 0 atom stereocenters. The van der Waals surface area contributed by atoms with Crippen LogP contribution < -0.4 is 5.32 Å². The van der Waals surface area contributed by atoms with Gasteiger partial charge in [-0.25, -0.2) is 13.4 Å². The van der Waals surface area contributed by atoms with E-state index in [4.69, 9.17) is 11.6 Å². The third kappa shape index (κ3) is 4.66. The summed E-state index contributed by atoms with van der Waals surface area (Å²) in [7, 11) is -3.54. The Morgan fingerprint density at radius 3 is 2.45 bits per heavy atom. The molecule has 2 aromatic carbocycles. The van der Waals surface area contributed by atoms with Crippen LogP contribution in [-0.2, 0) is 14.8 Å². The first-order valence-corrected chi connectivity index (χ1v) is 11.8. The van der Waals surface area contributed by atoms with Crippen LogP contribution in [0.4, 0.5) is 5.69 Å². The minimum atomic E-state index is -3.54. The number of benzene rings is 2. The van der Waals surface area contributed by atoms with E-state index in [0.29, 0.717) is 36.6 Å². The summed E-state index contributed by atoms with van der Waals surface area (Å²) < 4.78 is 28.9. The zero-order chi connectivity index (χ0) is 22.0. The second-order valence-electron chi connectivity index (χ2n) is 7.62. The number of hydrogen-bond donors (Lipinski definition) is 1. The average molecular weight is 459 g/mol. The third-order valence-corrected chi connectivity index (χ3v) is 7.70. The van der Waals surface area contributed by atoms with E-state index >= 15 is 0 Å². The van der Waals surface area contributed by atoms with Crippen molar-refractivity contribution in [1.29, 1.82) is 0 Å². The maximum absolute atomic E-state index is 12.8. The Balaban J connectivity index is 1.37. The van der Waals surface area contributed by atoms with Crippen molar-refractivity contribution in [1.82, 2.24) is 13.9 Å². The van der Waals surface area contributed by atoms with E-state index in [9.17, 15) is 13.2 Å². The summed E-state index contributed by atoms with van der Waals surface area (Å²) in [4.78, 5) is 17.0. The zero-order valence-electron chi connectivity index (χ0n) is 17.0. The standard InChI is InChI=1S/C22H23ClN4O3S/c1-16-2-5-19(6-3-16)31(29,30)27-11-8-17(9-12-27)22(28)25-18-4-7-21(20(23)14-18)26-13-10-24-15-26/h2-7,10,13-15,17H,8-9,11-12H2,1H3,(H,25,28). The number of halogens is 1. The van der Waals surface area contributed by atoms with Gasteiger partial charge in [-0.3, -0.25) is 4.79 Å². The van der Waals surface area contributed by atoms with Gasteiger partial charge in [0.2, 0.25) is 15.9 Å². The van der Waals surface area contributed by atoms with Gasteiger partial charge >= 0.3 is 0 Å². The molecule has 1 saturated heterocycles. The number of amides is 1. The molecule has 0 aliphatic carbocycles. The molecule has 0 saturated carbocycles. The van der Waals surface area contributed by atoms with Gasteiger partial charge in [-0.2, -0.15) is 4.31 Å². The highest BCUT2D eigenvalue weighted by atomic mass is 35.5. The van der Waals surface area contributed by atoms with Crippen molar-refractivity contribution in [3.05, 3.63) is 71.8 Å². The number of aryl methyl sites for hydroxylation is 1. The molecule has 162 valence electrons. The average Bonchev–Trinajstić information content (AvgIpc) is 3.29. The van der Waals surface area contributed by atoms with Crippen LogP contribution >= 0.6 is 11.6 Å². The van der Waals surface area contributed by atoms with Gasteiger partial charge < -0.3 is 9.88 Å². The smallest absolute Gasteiger partial charge is 0.243 e. The molecule has 1 aliphatic heterocycles. The lowest BCUT2D eigenvalue weighted by Gasteiger charge is -2.30. The highest BCUT2D eigenvalue weighted by Gasteiger charge is 2.32. The van der Waals surface area contributed by atoms with Gasteiger partial charge in [0.1, 0.15) is 0 Å². The van der Waals surface area contributed by atoms with Crippen molar-refractivity contribution in [3.8, 4) is 5.69 Å². The summed E-state index contributed by atoms with van der Waals surface area (Å²) in [6.07, 6.45) is 6.04. The maximum atomic E-state index is 12.8. The molecule has 1 fully saturated rings. The van der Waals surface area contributed by atoms with Crippen molar-refractivity contribution in [3.63, 3.8) is 0 Å². The van der Waals surface area contributed by atoms with E-state index < -0.39 is 10.0 Å². The van der Waals surface area contributed by atoms with Gasteiger partial charge in [0.05, 0.1) is 21.9 Å². The lowest BCUT2D eigenvalue weighted by molar-refractivity contribution is -0.120. The van der Waals surface area contributed by atoms with Gasteiger partial charge in [0.15, 0.2) is 0 Å². The van der Waals surface area contributed by atoms with Crippen LogP contribution in [0.5, 0.6) is 0 Å². The van der Waals surface area contributed by atoms with Crippen LogP contribution in [0.15, 0.2) is 66.1 Å². The largest absolute Gasteiger partial charge is 0.326 e. The fraction of sp³-hybridized carbons (Fsp3) is 0.273. The first-order valence-electron chi connectivity index (χ1n) is 10.00. The molecule has 1 amide bonds. The summed E-state index contributed by atoms with van der Waals surface area (Å²) in [5, 5.41) is 3.40. The number of imidazole rings is 1. The zero-order valence-corrected chi connectivity index (χ0v) is 18.6. The van der Waals surface area contributed by atoms with E-state index in [2.05, 4.69) is 10.3 Å². The molecule has 0 unspecified atom stereocenters. The lowest BCUT2D eigenvalue weighted by atomic mass is 9.97. The Kier molecular flexibility index (Phi) is 6.13. The quantitative estimate of drug-likeness (QED) is 0.629. The van der Waals surface area contributed by atoms with E-state index in [0.717, 1.165) is 11.3 Å². The molecule has 31 heavy (non-hydrogen) atoms. The fourth-order valence-electron chi connectivity index (χ4n) is 3.66. The SMILES string of the molecule is Cc1ccc(S(=O)(=O)N2CCC(C(=O)Nc3ccc(-n4ccnc4)c(Cl)c3)CC2)cc1. The number of nitrogens with zero attached hydrogens (tertiary/aromatic N) is 3. The first kappa shape index (κ1) is 21.5. The molecule has 0 spiro atoms. The molecule has 1 aromatic heterocycles. The molecule has 2 heterocycles. The molecule has 0 radical (unpaired) electrons. The molecule has 1 aliphatic rings. The summed E-state index contributed by atoms with van der Waals surface area (Å²) in [5.74, 6) is -0.379. The summed E-state index contributed by atoms with van der Waals surface area (Å²) in [5.41, 5.74) is 2.38. The number of aromatic nitrogens is 2. The van der Waals surface area contributed by atoms with E-state index in [1.807, 2.05) is 13.0 Å². The molecule has 0 bridgehead atoms. The van der Waals surface area contributed by atoms with Crippen molar-refractivity contribution in [2.45, 2.75) is 24.7 Å². The predicted molar refractivity (Wildman–Crippen MR) is 120 cm³/mol. The van der Waals surface area contributed by atoms with Crippen molar-refractivity contribution < 1.29 is 13.2 Å². The number of carbonyl (C=O) groups excluding carboxylic acids is 1. The Morgan fingerprint density at radius 1 is 1.13 bits per heavy atom. The van der Waals surface area contributed by atoms with Crippen LogP contribution in [0.25, 0.3) is 5.69 Å². The normalized spacial score (nSPS) is 15.7. The van der Waals surface area contributed by atoms with Gasteiger partial charge in [-0.15, -0.1) is 0 Å². The van der Waals surface area contributed by atoms with Gasteiger partial charge in [0, 0.05) is 37.1 Å². The number of piperidine rings is 1. The van der Waals surface area contributed by atoms with Crippen LogP contribution in [0.1, 0.15) is 18.4 Å². The number of anilines is 1. The minimum absolute atomic E-state index is 0.126. The fourth-order valence-corrected chi connectivity index (χ4v) is 5.41. The predicted octanol–water partition coefficient (Wildman–Crippen LogP) is 3.87. The van der Waals surface area contributed by atoms with Gasteiger partial charge in [-0.1, -0.05) is 29.3 Å². The van der Waals surface area contributed by atoms with Crippen molar-refractivity contribution in [2.75, 3.05) is 18.4 Å². The Bertz CT molecular complexity index is 1170. The highest BCUT2D eigenvalue weighted by molar-refractivity contribution is 7.89. The number of nitrogens with one attached hydrogen (secondary N) is 1. The van der Waals surface area contributed by atoms with Gasteiger partial charge in [0.25, 0.3) is 0 Å². The monoisotopic (exact) mass is 458 g/mol. The molecule has 4 rings (SSSR count). The Hall–Kier alpha value is -2.68. The Labute approximate surface area is 186 Å². The number of rotatable bonds is 5. The highest BCUT2D eigenvalue weighted by Crippen LogP contribution is 2.27. The molecule has 7 nitrogen and oxygen atoms in total. The van der Waals surface area contributed by atoms with Crippen LogP contribution in [0, 0.1) is 12.8 Å². The maximum Gasteiger partial charge on any atom is 0.243 e. The molecule has 9 heteroatoms.